The Bertz CT molecular complexity index is 341. The van der Waals surface area contributed by atoms with Crippen molar-refractivity contribution in [1.82, 2.24) is 0 Å². The SMILES string of the molecule is FC1(F)CCN(c2cccc(Cl)c2)C1. The number of rotatable bonds is 1. The maximum absolute atomic E-state index is 12.9. The van der Waals surface area contributed by atoms with Crippen LogP contribution in [0.5, 0.6) is 0 Å². The van der Waals surface area contributed by atoms with E-state index in [1.54, 1.807) is 29.2 Å². The van der Waals surface area contributed by atoms with Crippen molar-refractivity contribution in [2.75, 3.05) is 18.0 Å². The van der Waals surface area contributed by atoms with Gasteiger partial charge in [-0.05, 0) is 18.2 Å². The molecule has 1 saturated heterocycles. The molecule has 1 aromatic carbocycles. The molecule has 1 aliphatic rings. The molecule has 4 heteroatoms. The van der Waals surface area contributed by atoms with Crippen LogP contribution in [0.25, 0.3) is 0 Å². The first-order chi connectivity index (χ1) is 6.57. The Morgan fingerprint density at radius 2 is 2.14 bits per heavy atom. The van der Waals surface area contributed by atoms with Crippen LogP contribution in [0.3, 0.4) is 0 Å². The van der Waals surface area contributed by atoms with Gasteiger partial charge in [0.25, 0.3) is 5.92 Å². The van der Waals surface area contributed by atoms with Crippen molar-refractivity contribution in [3.05, 3.63) is 29.3 Å². The molecule has 0 aliphatic carbocycles. The highest BCUT2D eigenvalue weighted by Crippen LogP contribution is 2.31. The summed E-state index contributed by atoms with van der Waals surface area (Å²) in [5, 5.41) is 0.581. The molecular formula is C10H10ClF2N. The van der Waals surface area contributed by atoms with E-state index in [0.717, 1.165) is 5.69 Å². The third-order valence-electron chi connectivity index (χ3n) is 2.34. The van der Waals surface area contributed by atoms with E-state index in [1.165, 1.54) is 0 Å². The summed E-state index contributed by atoms with van der Waals surface area (Å²) in [6.07, 6.45) is -0.0699. The zero-order valence-corrected chi connectivity index (χ0v) is 8.27. The Labute approximate surface area is 86.3 Å². The topological polar surface area (TPSA) is 3.24 Å². The smallest absolute Gasteiger partial charge is 0.266 e. The first-order valence-electron chi connectivity index (χ1n) is 4.45. The standard InChI is InChI=1S/C10H10ClF2N/c11-8-2-1-3-9(6-8)14-5-4-10(12,13)7-14/h1-3,6H,4-5,7H2. The van der Waals surface area contributed by atoms with Crippen molar-refractivity contribution < 1.29 is 8.78 Å². The first kappa shape index (κ1) is 9.71. The summed E-state index contributed by atoms with van der Waals surface area (Å²) in [6, 6.07) is 7.02. The van der Waals surface area contributed by atoms with Crippen LogP contribution in [0.1, 0.15) is 6.42 Å². The summed E-state index contributed by atoms with van der Waals surface area (Å²) >= 11 is 5.78. The molecule has 0 spiro atoms. The average molecular weight is 218 g/mol. The second kappa shape index (κ2) is 3.39. The number of hydrogen-bond donors (Lipinski definition) is 0. The molecule has 0 amide bonds. The monoisotopic (exact) mass is 217 g/mol. The first-order valence-corrected chi connectivity index (χ1v) is 4.83. The Morgan fingerprint density at radius 3 is 2.71 bits per heavy atom. The molecule has 0 aromatic heterocycles. The minimum Gasteiger partial charge on any atom is -0.365 e. The number of anilines is 1. The van der Waals surface area contributed by atoms with E-state index in [-0.39, 0.29) is 13.0 Å². The molecule has 0 atom stereocenters. The van der Waals surface area contributed by atoms with E-state index in [9.17, 15) is 8.78 Å². The fraction of sp³-hybridized carbons (Fsp3) is 0.400. The lowest BCUT2D eigenvalue weighted by Crippen LogP contribution is -2.24. The van der Waals surface area contributed by atoms with Crippen LogP contribution >= 0.6 is 11.6 Å². The van der Waals surface area contributed by atoms with Crippen LogP contribution in [-0.4, -0.2) is 19.0 Å². The van der Waals surface area contributed by atoms with E-state index < -0.39 is 5.92 Å². The predicted molar refractivity (Wildman–Crippen MR) is 53.2 cm³/mol. The fourth-order valence-electron chi connectivity index (χ4n) is 1.63. The molecule has 1 fully saturated rings. The quantitative estimate of drug-likeness (QED) is 0.699. The van der Waals surface area contributed by atoms with E-state index in [4.69, 9.17) is 11.6 Å². The van der Waals surface area contributed by atoms with Crippen molar-refractivity contribution in [3.63, 3.8) is 0 Å². The highest BCUT2D eigenvalue weighted by atomic mass is 35.5. The van der Waals surface area contributed by atoms with Crippen molar-refractivity contribution in [2.24, 2.45) is 0 Å². The number of alkyl halides is 2. The Morgan fingerprint density at radius 1 is 1.36 bits per heavy atom. The summed E-state index contributed by atoms with van der Waals surface area (Å²) < 4.78 is 25.8. The molecule has 76 valence electrons. The molecule has 2 rings (SSSR count). The largest absolute Gasteiger partial charge is 0.365 e. The lowest BCUT2D eigenvalue weighted by atomic mass is 10.3. The summed E-state index contributed by atoms with van der Waals surface area (Å²) in [4.78, 5) is 1.66. The maximum atomic E-state index is 12.9. The van der Waals surface area contributed by atoms with Crippen LogP contribution in [-0.2, 0) is 0 Å². The molecule has 0 saturated carbocycles. The number of benzene rings is 1. The summed E-state index contributed by atoms with van der Waals surface area (Å²) in [7, 11) is 0. The second-order valence-electron chi connectivity index (χ2n) is 3.51. The molecule has 1 aromatic rings. The van der Waals surface area contributed by atoms with Crippen LogP contribution in [0, 0.1) is 0 Å². The number of hydrogen-bond acceptors (Lipinski definition) is 1. The average Bonchev–Trinajstić information content (AvgIpc) is 2.46. The van der Waals surface area contributed by atoms with Crippen LogP contribution in [0.15, 0.2) is 24.3 Å². The van der Waals surface area contributed by atoms with Gasteiger partial charge in [-0.15, -0.1) is 0 Å². The van der Waals surface area contributed by atoms with Gasteiger partial charge in [0.2, 0.25) is 0 Å². The Hall–Kier alpha value is -0.830. The van der Waals surface area contributed by atoms with Crippen molar-refractivity contribution in [2.45, 2.75) is 12.3 Å². The molecule has 0 radical (unpaired) electrons. The molecule has 1 heterocycles. The number of halogens is 3. The maximum Gasteiger partial charge on any atom is 0.266 e. The van der Waals surface area contributed by atoms with Crippen LogP contribution in [0.2, 0.25) is 5.02 Å². The highest BCUT2D eigenvalue weighted by Gasteiger charge is 2.38. The Balaban J connectivity index is 2.17. The predicted octanol–water partition coefficient (Wildman–Crippen LogP) is 3.19. The Kier molecular flexibility index (Phi) is 2.35. The fourth-order valence-corrected chi connectivity index (χ4v) is 1.81. The van der Waals surface area contributed by atoms with Gasteiger partial charge in [-0.25, -0.2) is 8.78 Å². The van der Waals surface area contributed by atoms with Crippen LogP contribution in [0.4, 0.5) is 14.5 Å². The minimum absolute atomic E-state index is 0.0699. The molecule has 1 nitrogen and oxygen atoms in total. The van der Waals surface area contributed by atoms with Crippen molar-refractivity contribution in [3.8, 4) is 0 Å². The van der Waals surface area contributed by atoms with E-state index >= 15 is 0 Å². The third kappa shape index (κ3) is 1.98. The van der Waals surface area contributed by atoms with Crippen molar-refractivity contribution in [1.29, 1.82) is 0 Å². The second-order valence-corrected chi connectivity index (χ2v) is 3.94. The van der Waals surface area contributed by atoms with E-state index in [0.29, 0.717) is 11.6 Å². The van der Waals surface area contributed by atoms with Gasteiger partial charge >= 0.3 is 0 Å². The lowest BCUT2D eigenvalue weighted by molar-refractivity contribution is 0.0257. The van der Waals surface area contributed by atoms with Crippen molar-refractivity contribution >= 4 is 17.3 Å². The van der Waals surface area contributed by atoms with Gasteiger partial charge in [-0.2, -0.15) is 0 Å². The zero-order chi connectivity index (χ0) is 10.2. The molecular weight excluding hydrogens is 208 g/mol. The third-order valence-corrected chi connectivity index (χ3v) is 2.58. The van der Waals surface area contributed by atoms with Gasteiger partial charge < -0.3 is 4.90 Å². The van der Waals surface area contributed by atoms with Gasteiger partial charge in [0, 0.05) is 23.7 Å². The minimum atomic E-state index is -2.55. The molecule has 1 aliphatic heterocycles. The van der Waals surface area contributed by atoms with E-state index in [1.807, 2.05) is 0 Å². The zero-order valence-electron chi connectivity index (χ0n) is 7.51. The van der Waals surface area contributed by atoms with Gasteiger partial charge in [0.15, 0.2) is 0 Å². The molecule has 0 bridgehead atoms. The molecule has 0 unspecified atom stereocenters. The van der Waals surface area contributed by atoms with Gasteiger partial charge in [-0.1, -0.05) is 17.7 Å². The van der Waals surface area contributed by atoms with Crippen LogP contribution < -0.4 is 4.90 Å². The van der Waals surface area contributed by atoms with Gasteiger partial charge in [0.1, 0.15) is 0 Å². The summed E-state index contributed by atoms with van der Waals surface area (Å²) in [5.41, 5.74) is 0.773. The van der Waals surface area contributed by atoms with Gasteiger partial charge in [0.05, 0.1) is 6.54 Å². The molecule has 0 N–H and O–H groups in total. The normalized spacial score (nSPS) is 20.1. The number of nitrogens with zero attached hydrogens (tertiary/aromatic N) is 1. The van der Waals surface area contributed by atoms with Gasteiger partial charge in [-0.3, -0.25) is 0 Å². The summed E-state index contributed by atoms with van der Waals surface area (Å²) in [5.74, 6) is -2.55. The summed E-state index contributed by atoms with van der Waals surface area (Å²) in [6.45, 7) is 0.195. The van der Waals surface area contributed by atoms with E-state index in [2.05, 4.69) is 0 Å². The molecule has 14 heavy (non-hydrogen) atoms. The lowest BCUT2D eigenvalue weighted by Gasteiger charge is -2.18. The highest BCUT2D eigenvalue weighted by molar-refractivity contribution is 6.30.